The zero-order chi connectivity index (χ0) is 13.3. The first-order valence-corrected chi connectivity index (χ1v) is 5.88. The molecule has 0 saturated heterocycles. The van der Waals surface area contributed by atoms with E-state index in [2.05, 4.69) is 5.32 Å². The summed E-state index contributed by atoms with van der Waals surface area (Å²) in [6, 6.07) is 9.30. The van der Waals surface area contributed by atoms with Crippen molar-refractivity contribution < 1.29 is 5.11 Å². The van der Waals surface area contributed by atoms with E-state index >= 15 is 0 Å². The normalized spacial score (nSPS) is 24.5. The van der Waals surface area contributed by atoms with Gasteiger partial charge in [0, 0.05) is 17.1 Å². The summed E-state index contributed by atoms with van der Waals surface area (Å²) < 4.78 is 0. The highest BCUT2D eigenvalue weighted by atomic mass is 16.3. The largest absolute Gasteiger partial charge is 0.392 e. The van der Waals surface area contributed by atoms with Gasteiger partial charge in [-0.2, -0.15) is 10.5 Å². The van der Waals surface area contributed by atoms with Crippen LogP contribution in [0.5, 0.6) is 0 Å². The minimum atomic E-state index is -0.288. The van der Waals surface area contributed by atoms with Gasteiger partial charge in [-0.25, -0.2) is 0 Å². The van der Waals surface area contributed by atoms with Gasteiger partial charge >= 0.3 is 0 Å². The number of rotatable bonds is 2. The summed E-state index contributed by atoms with van der Waals surface area (Å²) in [6.07, 6.45) is 0.415. The van der Waals surface area contributed by atoms with Crippen molar-refractivity contribution in [2.75, 3.05) is 5.32 Å². The number of anilines is 1. The van der Waals surface area contributed by atoms with Crippen LogP contribution in [0.1, 0.15) is 31.4 Å². The van der Waals surface area contributed by atoms with Crippen molar-refractivity contribution in [3.63, 3.8) is 0 Å². The predicted octanol–water partition coefficient (Wildman–Crippen LogP) is 2.00. The van der Waals surface area contributed by atoms with E-state index in [-0.39, 0.29) is 17.6 Å². The Bertz CT molecular complexity index is 551. The number of aliphatic hydroxyl groups excluding tert-OH is 1. The third-order valence-corrected chi connectivity index (χ3v) is 3.82. The Labute approximate surface area is 106 Å². The van der Waals surface area contributed by atoms with Crippen LogP contribution in [0.15, 0.2) is 18.2 Å². The molecule has 2 atom stereocenters. The first kappa shape index (κ1) is 12.4. The molecule has 18 heavy (non-hydrogen) atoms. The molecule has 2 N–H and O–H groups in total. The lowest BCUT2D eigenvalue weighted by Crippen LogP contribution is -2.56. The molecule has 92 valence electrons. The Morgan fingerprint density at radius 3 is 2.44 bits per heavy atom. The van der Waals surface area contributed by atoms with Crippen LogP contribution in [0.3, 0.4) is 0 Å². The monoisotopic (exact) mass is 241 g/mol. The van der Waals surface area contributed by atoms with E-state index in [9.17, 15) is 5.11 Å². The van der Waals surface area contributed by atoms with Crippen LogP contribution < -0.4 is 5.32 Å². The minimum absolute atomic E-state index is 0.166. The average Bonchev–Trinajstić information content (AvgIpc) is 2.38. The van der Waals surface area contributed by atoms with Gasteiger partial charge in [0.2, 0.25) is 0 Å². The lowest BCUT2D eigenvalue weighted by Gasteiger charge is -2.49. The molecule has 1 saturated carbocycles. The smallest absolute Gasteiger partial charge is 0.101 e. The van der Waals surface area contributed by atoms with Crippen molar-refractivity contribution in [2.24, 2.45) is 5.41 Å². The van der Waals surface area contributed by atoms with Crippen molar-refractivity contribution in [2.45, 2.75) is 32.4 Å². The fourth-order valence-electron chi connectivity index (χ4n) is 2.17. The molecule has 1 aromatic carbocycles. The number of aliphatic hydroxyl groups is 1. The third kappa shape index (κ3) is 1.92. The Morgan fingerprint density at radius 2 is 1.94 bits per heavy atom. The van der Waals surface area contributed by atoms with E-state index in [0.29, 0.717) is 17.5 Å². The number of nitrogens with one attached hydrogen (secondary N) is 1. The van der Waals surface area contributed by atoms with Crippen molar-refractivity contribution in [1.82, 2.24) is 0 Å². The highest BCUT2D eigenvalue weighted by Gasteiger charge is 2.47. The first-order valence-electron chi connectivity index (χ1n) is 5.88. The van der Waals surface area contributed by atoms with Crippen LogP contribution >= 0.6 is 0 Å². The summed E-state index contributed by atoms with van der Waals surface area (Å²) >= 11 is 0. The summed E-state index contributed by atoms with van der Waals surface area (Å²) in [5.41, 5.74) is 1.41. The van der Waals surface area contributed by atoms with Gasteiger partial charge in [0.25, 0.3) is 0 Å². The van der Waals surface area contributed by atoms with Gasteiger partial charge in [0.1, 0.15) is 12.1 Å². The lowest BCUT2D eigenvalue weighted by atomic mass is 9.64. The molecule has 0 spiro atoms. The van der Waals surface area contributed by atoms with Crippen LogP contribution in [-0.2, 0) is 0 Å². The SMILES string of the molecule is CC1(C)C(O)CC1Nc1ccc(C#N)c(C#N)c1. The molecule has 2 rings (SSSR count). The van der Waals surface area contributed by atoms with Gasteiger partial charge in [-0.15, -0.1) is 0 Å². The van der Waals surface area contributed by atoms with Gasteiger partial charge in [-0.1, -0.05) is 13.8 Å². The molecule has 0 aliphatic heterocycles. The average molecular weight is 241 g/mol. The molecule has 2 unspecified atom stereocenters. The molecule has 4 nitrogen and oxygen atoms in total. The Balaban J connectivity index is 2.18. The Morgan fingerprint density at radius 1 is 1.28 bits per heavy atom. The van der Waals surface area contributed by atoms with Gasteiger partial charge in [-0.3, -0.25) is 0 Å². The molecule has 0 aromatic heterocycles. The van der Waals surface area contributed by atoms with E-state index in [1.165, 1.54) is 0 Å². The van der Waals surface area contributed by atoms with Gasteiger partial charge < -0.3 is 10.4 Å². The fourth-order valence-corrected chi connectivity index (χ4v) is 2.17. The second-order valence-corrected chi connectivity index (χ2v) is 5.25. The standard InChI is InChI=1S/C14H15N3O/c1-14(2)12(6-13(14)18)17-11-4-3-9(7-15)10(5-11)8-16/h3-5,12-13,17-18H,6H2,1-2H3. The van der Waals surface area contributed by atoms with Crippen molar-refractivity contribution >= 4 is 5.69 Å². The van der Waals surface area contributed by atoms with Crippen molar-refractivity contribution in [3.8, 4) is 12.1 Å². The number of hydrogen-bond acceptors (Lipinski definition) is 4. The maximum absolute atomic E-state index is 9.67. The number of benzene rings is 1. The summed E-state index contributed by atoms with van der Waals surface area (Å²) in [5.74, 6) is 0. The molecule has 0 bridgehead atoms. The Hall–Kier alpha value is -2.04. The molecule has 1 fully saturated rings. The van der Waals surface area contributed by atoms with E-state index in [4.69, 9.17) is 10.5 Å². The molecule has 0 amide bonds. The molecule has 0 radical (unpaired) electrons. The van der Waals surface area contributed by atoms with E-state index in [1.807, 2.05) is 26.0 Å². The maximum atomic E-state index is 9.67. The third-order valence-electron chi connectivity index (χ3n) is 3.82. The number of nitriles is 2. The van der Waals surface area contributed by atoms with E-state index in [1.54, 1.807) is 18.2 Å². The fraction of sp³-hybridized carbons (Fsp3) is 0.429. The van der Waals surface area contributed by atoms with Crippen LogP contribution in [-0.4, -0.2) is 17.3 Å². The van der Waals surface area contributed by atoms with E-state index < -0.39 is 0 Å². The number of hydrogen-bond donors (Lipinski definition) is 2. The molecule has 1 aliphatic carbocycles. The maximum Gasteiger partial charge on any atom is 0.101 e. The van der Waals surface area contributed by atoms with E-state index in [0.717, 1.165) is 5.69 Å². The number of nitrogens with zero attached hydrogens (tertiary/aromatic N) is 2. The van der Waals surface area contributed by atoms with Crippen LogP contribution in [0, 0.1) is 28.1 Å². The second kappa shape index (κ2) is 4.33. The molecule has 1 aromatic rings. The minimum Gasteiger partial charge on any atom is -0.392 e. The van der Waals surface area contributed by atoms with Gasteiger partial charge in [0.05, 0.1) is 17.2 Å². The summed E-state index contributed by atoms with van der Waals surface area (Å²) in [7, 11) is 0. The Kier molecular flexibility index (Phi) is 2.98. The first-order chi connectivity index (χ1) is 8.48. The zero-order valence-electron chi connectivity index (χ0n) is 10.4. The van der Waals surface area contributed by atoms with Gasteiger partial charge in [-0.05, 0) is 24.6 Å². The topological polar surface area (TPSA) is 79.8 Å². The summed E-state index contributed by atoms with van der Waals surface area (Å²) in [4.78, 5) is 0. The predicted molar refractivity (Wildman–Crippen MR) is 67.7 cm³/mol. The zero-order valence-corrected chi connectivity index (χ0v) is 10.4. The molecule has 1 aliphatic rings. The van der Waals surface area contributed by atoms with Crippen LogP contribution in [0.2, 0.25) is 0 Å². The molecule has 4 heteroatoms. The highest BCUT2D eigenvalue weighted by molar-refractivity contribution is 5.57. The quantitative estimate of drug-likeness (QED) is 0.830. The second-order valence-electron chi connectivity index (χ2n) is 5.25. The van der Waals surface area contributed by atoms with Crippen LogP contribution in [0.25, 0.3) is 0 Å². The summed E-state index contributed by atoms with van der Waals surface area (Å²) in [6.45, 7) is 4.02. The van der Waals surface area contributed by atoms with Crippen LogP contribution in [0.4, 0.5) is 5.69 Å². The highest BCUT2D eigenvalue weighted by Crippen LogP contribution is 2.42. The molecule has 0 heterocycles. The lowest BCUT2D eigenvalue weighted by molar-refractivity contribution is -0.0510. The van der Waals surface area contributed by atoms with Gasteiger partial charge in [0.15, 0.2) is 0 Å². The van der Waals surface area contributed by atoms with Crippen molar-refractivity contribution in [1.29, 1.82) is 10.5 Å². The molecular formula is C14H15N3O. The van der Waals surface area contributed by atoms with Crippen molar-refractivity contribution in [3.05, 3.63) is 29.3 Å². The molecular weight excluding hydrogens is 226 g/mol. The summed E-state index contributed by atoms with van der Waals surface area (Å²) in [5, 5.41) is 30.8.